The van der Waals surface area contributed by atoms with Crippen LogP contribution < -0.4 is 4.74 Å². The summed E-state index contributed by atoms with van der Waals surface area (Å²) >= 11 is 0. The monoisotopic (exact) mass is 794 g/mol. The maximum atomic E-state index is 15.7. The highest BCUT2D eigenvalue weighted by Crippen LogP contribution is 2.37. The molecule has 0 radical (unpaired) electrons. The van der Waals surface area contributed by atoms with Gasteiger partial charge in [-0.3, -0.25) is 4.79 Å². The van der Waals surface area contributed by atoms with Crippen molar-refractivity contribution >= 4 is 33.0 Å². The normalized spacial score (nSPS) is 13.0. The molecule has 5 aromatic rings. The minimum absolute atomic E-state index is 0.0614. The average Bonchev–Trinajstić information content (AvgIpc) is 3.84. The van der Waals surface area contributed by atoms with Gasteiger partial charge in [-0.2, -0.15) is 10.4 Å². The van der Waals surface area contributed by atoms with E-state index in [9.17, 15) is 4.79 Å². The molecular weight excluding hydrogens is 740 g/mol. The number of amides is 1. The Labute approximate surface area is 332 Å². The maximum Gasteiger partial charge on any atom is 0.224 e. The van der Waals surface area contributed by atoms with Crippen molar-refractivity contribution in [2.45, 2.75) is 111 Å². The summed E-state index contributed by atoms with van der Waals surface area (Å²) in [5.41, 5.74) is 6.88. The van der Waals surface area contributed by atoms with E-state index < -0.39 is 22.0 Å². The molecular formula is C43H55FN6O4Si2. The fourth-order valence-corrected chi connectivity index (χ4v) is 8.26. The third-order valence-corrected chi connectivity index (χ3v) is 13.5. The van der Waals surface area contributed by atoms with Crippen molar-refractivity contribution in [3.05, 3.63) is 89.0 Å². The summed E-state index contributed by atoms with van der Waals surface area (Å²) in [5.74, 6) is 0.429. The van der Waals surface area contributed by atoms with Crippen LogP contribution in [0.15, 0.2) is 60.7 Å². The number of nitrogens with zero attached hydrogens (tertiary/aromatic N) is 6. The molecule has 0 saturated heterocycles. The second-order valence-corrected chi connectivity index (χ2v) is 28.3. The number of halogens is 1. The molecule has 1 amide bonds. The second-order valence-electron chi connectivity index (χ2n) is 17.0. The van der Waals surface area contributed by atoms with Crippen LogP contribution in [0, 0.1) is 17.1 Å². The van der Waals surface area contributed by atoms with Crippen molar-refractivity contribution in [1.82, 2.24) is 24.2 Å². The summed E-state index contributed by atoms with van der Waals surface area (Å²) in [6, 6.07) is 23.4. The third kappa shape index (κ3) is 10.0. The number of carbonyl (C=O) groups excluding carboxylic acids is 1. The van der Waals surface area contributed by atoms with E-state index in [1.807, 2.05) is 53.2 Å². The molecule has 10 nitrogen and oxygen atoms in total. The van der Waals surface area contributed by atoms with Crippen LogP contribution in [0.1, 0.15) is 42.3 Å². The SMILES string of the molecule is CCc1cc(OCc2ccccc2)c(F)cc1-c1ccc2c(-c3nc4c(n3COCC[Si](C)(C)C)CN(C(=O)CCC#N)C4)nn(COCC[Si](C)(C)C)c2c1. The van der Waals surface area contributed by atoms with E-state index in [1.54, 1.807) is 11.0 Å². The topological polar surface area (TPSA) is 107 Å². The van der Waals surface area contributed by atoms with Crippen LogP contribution in [-0.2, 0) is 53.8 Å². The Kier molecular flexibility index (Phi) is 12.9. The lowest BCUT2D eigenvalue weighted by Crippen LogP contribution is -2.26. The van der Waals surface area contributed by atoms with E-state index >= 15 is 4.39 Å². The summed E-state index contributed by atoms with van der Waals surface area (Å²) in [5, 5.41) is 15.1. The lowest BCUT2D eigenvalue weighted by Gasteiger charge is -2.18. The van der Waals surface area contributed by atoms with E-state index in [4.69, 9.17) is 29.6 Å². The van der Waals surface area contributed by atoms with E-state index in [2.05, 4.69) is 62.9 Å². The number of benzene rings is 3. The smallest absolute Gasteiger partial charge is 0.224 e. The van der Waals surface area contributed by atoms with Crippen molar-refractivity contribution in [3.63, 3.8) is 0 Å². The molecule has 0 unspecified atom stereocenters. The maximum absolute atomic E-state index is 15.7. The Morgan fingerprint density at radius 2 is 1.64 bits per heavy atom. The fourth-order valence-electron chi connectivity index (χ4n) is 6.75. The highest BCUT2D eigenvalue weighted by molar-refractivity contribution is 6.76. The molecule has 0 spiro atoms. The first-order chi connectivity index (χ1) is 26.7. The molecule has 6 rings (SSSR count). The number of carbonyl (C=O) groups is 1. The van der Waals surface area contributed by atoms with E-state index in [-0.39, 0.29) is 44.6 Å². The quantitative estimate of drug-likeness (QED) is 0.0643. The van der Waals surface area contributed by atoms with E-state index in [1.165, 1.54) is 0 Å². The number of fused-ring (bicyclic) bond motifs is 2. The zero-order valence-electron chi connectivity index (χ0n) is 34.0. The van der Waals surface area contributed by atoms with Gasteiger partial charge in [0.25, 0.3) is 0 Å². The lowest BCUT2D eigenvalue weighted by atomic mass is 9.96. The number of nitriles is 1. The number of imidazole rings is 1. The van der Waals surface area contributed by atoms with Crippen LogP contribution in [0.3, 0.4) is 0 Å². The molecule has 56 heavy (non-hydrogen) atoms. The van der Waals surface area contributed by atoms with Gasteiger partial charge in [0.1, 0.15) is 25.8 Å². The predicted molar refractivity (Wildman–Crippen MR) is 224 cm³/mol. The molecule has 13 heteroatoms. The first-order valence-electron chi connectivity index (χ1n) is 19.6. The van der Waals surface area contributed by atoms with Crippen LogP contribution >= 0.6 is 0 Å². The first kappa shape index (κ1) is 41.0. The number of ether oxygens (including phenoxy) is 3. The number of aryl methyl sites for hydroxylation is 1. The second kappa shape index (κ2) is 17.7. The highest BCUT2D eigenvalue weighted by atomic mass is 28.3. The molecule has 0 N–H and O–H groups in total. The summed E-state index contributed by atoms with van der Waals surface area (Å²) in [6.07, 6.45) is 1.06. The van der Waals surface area contributed by atoms with E-state index in [0.717, 1.165) is 56.6 Å². The van der Waals surface area contributed by atoms with Gasteiger partial charge in [0.15, 0.2) is 17.4 Å². The van der Waals surface area contributed by atoms with Crippen LogP contribution in [0.5, 0.6) is 5.75 Å². The first-order valence-corrected chi connectivity index (χ1v) is 27.0. The molecule has 1 aliphatic rings. The number of rotatable bonds is 18. The van der Waals surface area contributed by atoms with Gasteiger partial charge in [0.2, 0.25) is 5.91 Å². The zero-order chi connectivity index (χ0) is 40.0. The Balaban J connectivity index is 1.38. The Morgan fingerprint density at radius 1 is 0.929 bits per heavy atom. The largest absolute Gasteiger partial charge is 0.486 e. The van der Waals surface area contributed by atoms with Crippen LogP contribution in [0.2, 0.25) is 51.4 Å². The zero-order valence-corrected chi connectivity index (χ0v) is 36.0. The summed E-state index contributed by atoms with van der Waals surface area (Å²) in [6.45, 7) is 18.9. The molecule has 3 aromatic carbocycles. The summed E-state index contributed by atoms with van der Waals surface area (Å²) in [7, 11) is -2.65. The van der Waals surface area contributed by atoms with Gasteiger partial charge in [-0.1, -0.05) is 82.6 Å². The Morgan fingerprint density at radius 3 is 2.32 bits per heavy atom. The van der Waals surface area contributed by atoms with Gasteiger partial charge in [-0.15, -0.1) is 0 Å². The van der Waals surface area contributed by atoms with E-state index in [0.29, 0.717) is 44.2 Å². The molecule has 3 heterocycles. The van der Waals surface area contributed by atoms with Gasteiger partial charge >= 0.3 is 0 Å². The Bertz CT molecular complexity index is 2200. The van der Waals surface area contributed by atoms with Crippen molar-refractivity contribution < 1.29 is 23.4 Å². The Hall–Kier alpha value is -4.62. The summed E-state index contributed by atoms with van der Waals surface area (Å²) in [4.78, 5) is 19.8. The number of hydrogen-bond donors (Lipinski definition) is 0. The number of aromatic nitrogens is 4. The fraction of sp³-hybridized carbons (Fsp3) is 0.442. The van der Waals surface area contributed by atoms with Gasteiger partial charge in [-0.05, 0) is 65.0 Å². The van der Waals surface area contributed by atoms with Gasteiger partial charge in [-0.25, -0.2) is 14.1 Å². The lowest BCUT2D eigenvalue weighted by molar-refractivity contribution is -0.131. The molecule has 0 aliphatic carbocycles. The molecule has 0 fully saturated rings. The highest BCUT2D eigenvalue weighted by Gasteiger charge is 2.32. The molecule has 0 bridgehead atoms. The third-order valence-electron chi connectivity index (χ3n) is 10.1. The van der Waals surface area contributed by atoms with Gasteiger partial charge < -0.3 is 23.7 Å². The molecule has 2 aromatic heterocycles. The van der Waals surface area contributed by atoms with Crippen LogP contribution in [0.4, 0.5) is 4.39 Å². The van der Waals surface area contributed by atoms with Gasteiger partial charge in [0.05, 0.1) is 36.1 Å². The molecule has 1 aliphatic heterocycles. The minimum Gasteiger partial charge on any atom is -0.486 e. The standard InChI is InChI=1S/C43H55FN6O4Si2/c1-8-32-24-40(54-28-31-13-10-9-11-14-31)36(44)25-35(32)33-16-17-34-38(23-33)50(30-53-20-22-56(5,6)7)47-42(34)43-46-37-26-48(41(51)15-12-18-45)27-39(37)49(43)29-52-19-21-55(2,3)4/h9-11,13-14,16-17,23-25H,8,12,15,19-22,26-30H2,1-7H3. The minimum atomic E-state index is -1.33. The molecule has 0 atom stereocenters. The van der Waals surface area contributed by atoms with Crippen LogP contribution in [-0.4, -0.2) is 59.5 Å². The average molecular weight is 795 g/mol. The van der Waals surface area contributed by atoms with Gasteiger partial charge in [0, 0.05) is 47.6 Å². The number of hydrogen-bond acceptors (Lipinski definition) is 7. The van der Waals surface area contributed by atoms with Crippen molar-refractivity contribution in [3.8, 4) is 34.5 Å². The predicted octanol–water partition coefficient (Wildman–Crippen LogP) is 9.62. The summed E-state index contributed by atoms with van der Waals surface area (Å²) < 4.78 is 38.2. The van der Waals surface area contributed by atoms with Crippen molar-refractivity contribution in [2.75, 3.05) is 13.2 Å². The molecule has 296 valence electrons. The van der Waals surface area contributed by atoms with Crippen molar-refractivity contribution in [1.29, 1.82) is 5.26 Å². The van der Waals surface area contributed by atoms with Crippen molar-refractivity contribution in [2.24, 2.45) is 0 Å². The van der Waals surface area contributed by atoms with Crippen LogP contribution in [0.25, 0.3) is 33.5 Å². The molecule has 0 saturated carbocycles.